The van der Waals surface area contributed by atoms with Crippen molar-refractivity contribution in [2.75, 3.05) is 24.6 Å². The number of cyclic esters (lactones) is 1. The van der Waals surface area contributed by atoms with E-state index in [1.165, 1.54) is 21.9 Å². The fraction of sp³-hybridized carbons (Fsp3) is 0.370. The smallest absolute Gasteiger partial charge is 0.429 e. The SMILES string of the molecule is O=C1OCC2(O1)c1ccccc1N(C1CCN(C3Cc4cccc5cccc3c45)CC1)C2O. The maximum Gasteiger partial charge on any atom is 0.509 e. The Morgan fingerprint density at radius 2 is 1.76 bits per heavy atom. The third-order valence-electron chi connectivity index (χ3n) is 8.12. The molecule has 1 aliphatic carbocycles. The predicted molar refractivity (Wildman–Crippen MR) is 124 cm³/mol. The molecule has 1 spiro atoms. The van der Waals surface area contributed by atoms with Crippen LogP contribution in [0.1, 0.15) is 35.6 Å². The number of hydrogen-bond donors (Lipinski definition) is 1. The zero-order valence-electron chi connectivity index (χ0n) is 18.3. The molecule has 0 saturated carbocycles. The Labute approximate surface area is 192 Å². The highest BCUT2D eigenvalue weighted by Crippen LogP contribution is 2.50. The molecule has 6 heteroatoms. The maximum atomic E-state index is 11.8. The van der Waals surface area contributed by atoms with E-state index in [4.69, 9.17) is 9.47 Å². The second-order valence-corrected chi connectivity index (χ2v) is 9.68. The number of rotatable bonds is 2. The van der Waals surface area contributed by atoms with Crippen LogP contribution >= 0.6 is 0 Å². The van der Waals surface area contributed by atoms with Gasteiger partial charge in [-0.15, -0.1) is 0 Å². The first-order valence-corrected chi connectivity index (χ1v) is 11.8. The van der Waals surface area contributed by atoms with Crippen LogP contribution in [-0.4, -0.2) is 48.1 Å². The first kappa shape index (κ1) is 19.4. The molecule has 168 valence electrons. The van der Waals surface area contributed by atoms with Crippen molar-refractivity contribution in [1.29, 1.82) is 0 Å². The minimum atomic E-state index is -1.13. The van der Waals surface area contributed by atoms with Gasteiger partial charge in [0.2, 0.25) is 5.60 Å². The Kier molecular flexibility index (Phi) is 4.08. The minimum Gasteiger partial charge on any atom is -0.429 e. The molecule has 33 heavy (non-hydrogen) atoms. The lowest BCUT2D eigenvalue weighted by Crippen LogP contribution is -2.53. The molecule has 1 N–H and O–H groups in total. The summed E-state index contributed by atoms with van der Waals surface area (Å²) in [5.41, 5.74) is 3.54. The lowest BCUT2D eigenvalue weighted by molar-refractivity contribution is -0.0527. The summed E-state index contributed by atoms with van der Waals surface area (Å²) in [6.07, 6.45) is 1.29. The zero-order valence-corrected chi connectivity index (χ0v) is 18.3. The maximum absolute atomic E-state index is 11.8. The summed E-state index contributed by atoms with van der Waals surface area (Å²) in [6, 6.07) is 21.7. The molecule has 6 nitrogen and oxygen atoms in total. The van der Waals surface area contributed by atoms with E-state index in [1.807, 2.05) is 24.3 Å². The number of hydrogen-bond acceptors (Lipinski definition) is 6. The number of aliphatic hydroxyl groups excluding tert-OH is 1. The Morgan fingerprint density at radius 1 is 0.970 bits per heavy atom. The molecular weight excluding hydrogens is 416 g/mol. The number of carbonyl (C=O) groups is 1. The van der Waals surface area contributed by atoms with Crippen molar-refractivity contribution in [3.63, 3.8) is 0 Å². The number of ether oxygens (including phenoxy) is 2. The van der Waals surface area contributed by atoms with Crippen molar-refractivity contribution in [3.8, 4) is 0 Å². The van der Waals surface area contributed by atoms with Crippen molar-refractivity contribution in [2.24, 2.45) is 0 Å². The van der Waals surface area contributed by atoms with Crippen molar-refractivity contribution >= 4 is 22.6 Å². The molecule has 0 aromatic heterocycles. The largest absolute Gasteiger partial charge is 0.509 e. The van der Waals surface area contributed by atoms with Gasteiger partial charge in [-0.25, -0.2) is 4.79 Å². The highest BCUT2D eigenvalue weighted by molar-refractivity contribution is 5.91. The molecular formula is C27H26N2O4. The number of fused-ring (bicyclic) bond motifs is 2. The number of para-hydroxylation sites is 1. The van der Waals surface area contributed by atoms with Gasteiger partial charge in [-0.3, -0.25) is 4.90 Å². The van der Waals surface area contributed by atoms with Crippen molar-refractivity contribution < 1.29 is 19.4 Å². The number of carbonyl (C=O) groups excluding carboxylic acids is 1. The highest BCUT2D eigenvalue weighted by Gasteiger charge is 2.59. The third kappa shape index (κ3) is 2.65. The van der Waals surface area contributed by atoms with Crippen LogP contribution in [0.25, 0.3) is 10.8 Å². The van der Waals surface area contributed by atoms with Gasteiger partial charge < -0.3 is 19.5 Å². The number of aliphatic hydroxyl groups is 1. The van der Waals surface area contributed by atoms with E-state index in [-0.39, 0.29) is 12.6 Å². The molecule has 3 aliphatic heterocycles. The van der Waals surface area contributed by atoms with Crippen LogP contribution in [0.2, 0.25) is 0 Å². The Balaban J connectivity index is 1.14. The predicted octanol–water partition coefficient (Wildman–Crippen LogP) is 4.10. The van der Waals surface area contributed by atoms with Crippen molar-refractivity contribution in [1.82, 2.24) is 4.90 Å². The molecule has 2 saturated heterocycles. The topological polar surface area (TPSA) is 62.2 Å². The average Bonchev–Trinajstić information content (AvgIpc) is 3.49. The van der Waals surface area contributed by atoms with Gasteiger partial charge in [0.25, 0.3) is 0 Å². The third-order valence-corrected chi connectivity index (χ3v) is 8.12. The summed E-state index contributed by atoms with van der Waals surface area (Å²) in [7, 11) is 0. The van der Waals surface area contributed by atoms with Crippen LogP contribution in [0, 0.1) is 0 Å². The number of piperidine rings is 1. The van der Waals surface area contributed by atoms with Gasteiger partial charge in [0, 0.05) is 36.4 Å². The van der Waals surface area contributed by atoms with Crippen LogP contribution in [0.3, 0.4) is 0 Å². The number of anilines is 1. The van der Waals surface area contributed by atoms with Crippen molar-refractivity contribution in [2.45, 2.75) is 43.2 Å². The molecule has 0 radical (unpaired) electrons. The molecule has 0 bridgehead atoms. The summed E-state index contributed by atoms with van der Waals surface area (Å²) in [4.78, 5) is 16.5. The van der Waals surface area contributed by atoms with E-state index in [0.29, 0.717) is 6.04 Å². The Morgan fingerprint density at radius 3 is 2.55 bits per heavy atom. The number of nitrogens with zero attached hydrogens (tertiary/aromatic N) is 2. The van der Waals surface area contributed by atoms with Crippen LogP contribution in [0.5, 0.6) is 0 Å². The number of likely N-dealkylation sites (tertiary alicyclic amines) is 1. The monoisotopic (exact) mass is 442 g/mol. The fourth-order valence-corrected chi connectivity index (χ4v) is 6.60. The molecule has 3 aromatic carbocycles. The van der Waals surface area contributed by atoms with E-state index in [0.717, 1.165) is 43.6 Å². The van der Waals surface area contributed by atoms with Crippen LogP contribution in [0.15, 0.2) is 60.7 Å². The number of benzene rings is 3. The molecule has 3 heterocycles. The van der Waals surface area contributed by atoms with Crippen LogP contribution < -0.4 is 4.90 Å². The zero-order chi connectivity index (χ0) is 22.2. The first-order valence-electron chi connectivity index (χ1n) is 11.8. The molecule has 3 aromatic rings. The molecule has 3 atom stereocenters. The summed E-state index contributed by atoms with van der Waals surface area (Å²) in [5, 5.41) is 14.1. The van der Waals surface area contributed by atoms with E-state index in [2.05, 4.69) is 46.2 Å². The summed E-state index contributed by atoms with van der Waals surface area (Å²) < 4.78 is 10.7. The molecule has 2 fully saturated rings. The summed E-state index contributed by atoms with van der Waals surface area (Å²) in [6.45, 7) is 1.98. The van der Waals surface area contributed by atoms with Crippen LogP contribution in [-0.2, 0) is 21.5 Å². The molecule has 7 rings (SSSR count). The van der Waals surface area contributed by atoms with Gasteiger partial charge in [-0.05, 0) is 47.2 Å². The van der Waals surface area contributed by atoms with Gasteiger partial charge in [0.15, 0.2) is 6.23 Å². The van der Waals surface area contributed by atoms with E-state index in [9.17, 15) is 9.90 Å². The van der Waals surface area contributed by atoms with Gasteiger partial charge in [-0.1, -0.05) is 54.6 Å². The lowest BCUT2D eigenvalue weighted by atomic mass is 9.95. The lowest BCUT2D eigenvalue weighted by Gasteiger charge is -2.42. The Bertz CT molecular complexity index is 1260. The minimum absolute atomic E-state index is 0.0453. The van der Waals surface area contributed by atoms with Gasteiger partial charge >= 0.3 is 6.16 Å². The fourth-order valence-electron chi connectivity index (χ4n) is 6.60. The summed E-state index contributed by atoms with van der Waals surface area (Å²) >= 11 is 0. The highest BCUT2D eigenvalue weighted by atomic mass is 16.8. The average molecular weight is 443 g/mol. The standard InChI is InChI=1S/C27H26N2O4/c30-25-27(16-32-26(31)33-27)21-9-1-2-10-22(21)29(25)19-11-13-28(14-12-19)23-15-18-7-3-5-17-6-4-8-20(23)24(17)18/h1-10,19,23,25,30H,11-16H2. The molecule has 0 amide bonds. The second-order valence-electron chi connectivity index (χ2n) is 9.68. The first-order chi connectivity index (χ1) is 16.2. The normalized spacial score (nSPS) is 29.0. The van der Waals surface area contributed by atoms with Crippen molar-refractivity contribution in [3.05, 3.63) is 77.4 Å². The van der Waals surface area contributed by atoms with Crippen LogP contribution in [0.4, 0.5) is 10.5 Å². The van der Waals surface area contributed by atoms with Gasteiger partial charge in [0.1, 0.15) is 6.61 Å². The van der Waals surface area contributed by atoms with Gasteiger partial charge in [0.05, 0.1) is 0 Å². The van der Waals surface area contributed by atoms with E-state index in [1.54, 1.807) is 0 Å². The molecule has 3 unspecified atom stereocenters. The molecule has 4 aliphatic rings. The van der Waals surface area contributed by atoms with E-state index >= 15 is 0 Å². The Hall–Kier alpha value is -3.09. The summed E-state index contributed by atoms with van der Waals surface area (Å²) in [5.74, 6) is 0. The van der Waals surface area contributed by atoms with Gasteiger partial charge in [-0.2, -0.15) is 0 Å². The quantitative estimate of drug-likeness (QED) is 0.603. The van der Waals surface area contributed by atoms with E-state index < -0.39 is 18.0 Å². The second kappa shape index (κ2) is 6.95.